The van der Waals surface area contributed by atoms with Gasteiger partial charge in [-0.3, -0.25) is 0 Å². The van der Waals surface area contributed by atoms with E-state index in [2.05, 4.69) is 50.1 Å². The molecular formula is C18H24N2O. The standard InChI is InChI=1S/C18H24N2O/c1-5-19-17-14(8-7-11-20-17)13-21-16-10-6-9-15(12-16)18(2,3)4/h6-12H,5,13H2,1-4H3,(H,19,20). The fourth-order valence-corrected chi connectivity index (χ4v) is 2.10. The number of rotatable bonds is 5. The maximum absolute atomic E-state index is 5.93. The molecule has 0 bridgehead atoms. The van der Waals surface area contributed by atoms with E-state index in [4.69, 9.17) is 4.74 Å². The smallest absolute Gasteiger partial charge is 0.132 e. The summed E-state index contributed by atoms with van der Waals surface area (Å²) in [6.07, 6.45) is 1.79. The Kier molecular flexibility index (Phi) is 4.84. The summed E-state index contributed by atoms with van der Waals surface area (Å²) in [5.74, 6) is 1.79. The monoisotopic (exact) mass is 284 g/mol. The number of anilines is 1. The lowest BCUT2D eigenvalue weighted by atomic mass is 9.87. The number of hydrogen-bond acceptors (Lipinski definition) is 3. The highest BCUT2D eigenvalue weighted by molar-refractivity contribution is 5.43. The zero-order valence-corrected chi connectivity index (χ0v) is 13.3. The van der Waals surface area contributed by atoms with E-state index in [1.807, 2.05) is 24.3 Å². The Bertz CT molecular complexity index is 588. The summed E-state index contributed by atoms with van der Waals surface area (Å²) < 4.78 is 5.93. The molecule has 0 saturated heterocycles. The van der Waals surface area contributed by atoms with Crippen molar-refractivity contribution in [1.29, 1.82) is 0 Å². The predicted molar refractivity (Wildman–Crippen MR) is 87.9 cm³/mol. The van der Waals surface area contributed by atoms with Crippen molar-refractivity contribution in [3.05, 3.63) is 53.7 Å². The van der Waals surface area contributed by atoms with E-state index < -0.39 is 0 Å². The van der Waals surface area contributed by atoms with Gasteiger partial charge in [0.05, 0.1) is 0 Å². The van der Waals surface area contributed by atoms with Gasteiger partial charge in [-0.15, -0.1) is 0 Å². The summed E-state index contributed by atoms with van der Waals surface area (Å²) >= 11 is 0. The van der Waals surface area contributed by atoms with Crippen molar-refractivity contribution < 1.29 is 4.74 Å². The number of pyridine rings is 1. The highest BCUT2D eigenvalue weighted by Gasteiger charge is 2.14. The first kappa shape index (κ1) is 15.4. The van der Waals surface area contributed by atoms with Crippen LogP contribution in [0.4, 0.5) is 5.82 Å². The van der Waals surface area contributed by atoms with Gasteiger partial charge < -0.3 is 10.1 Å². The molecular weight excluding hydrogens is 260 g/mol. The number of ether oxygens (including phenoxy) is 1. The van der Waals surface area contributed by atoms with Crippen LogP contribution in [-0.2, 0) is 12.0 Å². The van der Waals surface area contributed by atoms with Gasteiger partial charge in [0.2, 0.25) is 0 Å². The van der Waals surface area contributed by atoms with Gasteiger partial charge in [0, 0.05) is 18.3 Å². The molecule has 1 aromatic carbocycles. The molecule has 0 aliphatic rings. The van der Waals surface area contributed by atoms with Gasteiger partial charge in [0.25, 0.3) is 0 Å². The van der Waals surface area contributed by atoms with Crippen molar-refractivity contribution >= 4 is 5.82 Å². The summed E-state index contributed by atoms with van der Waals surface area (Å²) in [4.78, 5) is 4.35. The van der Waals surface area contributed by atoms with Gasteiger partial charge in [0.1, 0.15) is 18.2 Å². The molecule has 1 N–H and O–H groups in total. The van der Waals surface area contributed by atoms with Crippen LogP contribution in [0.5, 0.6) is 5.75 Å². The predicted octanol–water partition coefficient (Wildman–Crippen LogP) is 4.39. The van der Waals surface area contributed by atoms with Crippen LogP contribution in [0.15, 0.2) is 42.6 Å². The molecule has 3 heteroatoms. The number of nitrogens with one attached hydrogen (secondary N) is 1. The van der Waals surface area contributed by atoms with Gasteiger partial charge in [-0.25, -0.2) is 4.98 Å². The molecule has 0 aliphatic carbocycles. The van der Waals surface area contributed by atoms with E-state index >= 15 is 0 Å². The van der Waals surface area contributed by atoms with Gasteiger partial charge in [-0.05, 0) is 36.1 Å². The van der Waals surface area contributed by atoms with Crippen LogP contribution in [0.1, 0.15) is 38.8 Å². The highest BCUT2D eigenvalue weighted by Crippen LogP contribution is 2.26. The average Bonchev–Trinajstić information content (AvgIpc) is 2.46. The fraction of sp³-hybridized carbons (Fsp3) is 0.389. The Morgan fingerprint density at radius 2 is 1.95 bits per heavy atom. The molecule has 0 unspecified atom stereocenters. The molecule has 0 amide bonds. The van der Waals surface area contributed by atoms with E-state index in [0.29, 0.717) is 6.61 Å². The Balaban J connectivity index is 2.10. The molecule has 0 fully saturated rings. The van der Waals surface area contributed by atoms with Crippen LogP contribution in [0.25, 0.3) is 0 Å². The maximum atomic E-state index is 5.93. The maximum Gasteiger partial charge on any atom is 0.132 e. The molecule has 0 spiro atoms. The lowest BCUT2D eigenvalue weighted by Gasteiger charge is -2.20. The Morgan fingerprint density at radius 3 is 2.67 bits per heavy atom. The lowest BCUT2D eigenvalue weighted by Crippen LogP contribution is -2.11. The summed E-state index contributed by atoms with van der Waals surface area (Å²) in [6.45, 7) is 10.0. The van der Waals surface area contributed by atoms with Crippen molar-refractivity contribution in [2.75, 3.05) is 11.9 Å². The molecule has 3 nitrogen and oxygen atoms in total. The molecule has 1 aromatic heterocycles. The fourth-order valence-electron chi connectivity index (χ4n) is 2.10. The summed E-state index contributed by atoms with van der Waals surface area (Å²) in [5.41, 5.74) is 2.47. The van der Waals surface area contributed by atoms with Crippen molar-refractivity contribution in [1.82, 2.24) is 4.98 Å². The number of nitrogens with zero attached hydrogens (tertiary/aromatic N) is 1. The molecule has 0 saturated carbocycles. The second-order valence-corrected chi connectivity index (χ2v) is 6.11. The molecule has 0 aliphatic heterocycles. The van der Waals surface area contributed by atoms with Crippen molar-refractivity contribution in [2.45, 2.75) is 39.7 Å². The molecule has 0 radical (unpaired) electrons. The van der Waals surface area contributed by atoms with E-state index in [1.54, 1.807) is 6.20 Å². The second-order valence-electron chi connectivity index (χ2n) is 6.11. The van der Waals surface area contributed by atoms with Crippen molar-refractivity contribution in [3.63, 3.8) is 0 Å². The topological polar surface area (TPSA) is 34.2 Å². The molecule has 112 valence electrons. The van der Waals surface area contributed by atoms with E-state index in [0.717, 1.165) is 23.7 Å². The van der Waals surface area contributed by atoms with Gasteiger partial charge in [-0.1, -0.05) is 39.0 Å². The van der Waals surface area contributed by atoms with Crippen LogP contribution in [0.2, 0.25) is 0 Å². The quantitative estimate of drug-likeness (QED) is 0.884. The number of aromatic nitrogens is 1. The Labute approximate surface area is 127 Å². The summed E-state index contributed by atoms with van der Waals surface area (Å²) in [5, 5.41) is 3.26. The largest absolute Gasteiger partial charge is 0.489 e. The van der Waals surface area contributed by atoms with Crippen LogP contribution >= 0.6 is 0 Å². The molecule has 0 atom stereocenters. The van der Waals surface area contributed by atoms with E-state index in [9.17, 15) is 0 Å². The number of hydrogen-bond donors (Lipinski definition) is 1. The van der Waals surface area contributed by atoms with Crippen LogP contribution in [0, 0.1) is 0 Å². The van der Waals surface area contributed by atoms with Crippen LogP contribution in [-0.4, -0.2) is 11.5 Å². The summed E-state index contributed by atoms with van der Waals surface area (Å²) in [7, 11) is 0. The minimum Gasteiger partial charge on any atom is -0.489 e. The zero-order chi connectivity index (χ0) is 15.3. The molecule has 1 heterocycles. The molecule has 2 aromatic rings. The third-order valence-corrected chi connectivity index (χ3v) is 3.33. The second kappa shape index (κ2) is 6.61. The van der Waals surface area contributed by atoms with Crippen molar-refractivity contribution in [3.8, 4) is 5.75 Å². The van der Waals surface area contributed by atoms with E-state index in [-0.39, 0.29) is 5.41 Å². The van der Waals surface area contributed by atoms with Gasteiger partial charge in [0.15, 0.2) is 0 Å². The minimum atomic E-state index is 0.128. The SMILES string of the molecule is CCNc1ncccc1COc1cccc(C(C)(C)C)c1. The summed E-state index contributed by atoms with van der Waals surface area (Å²) in [6, 6.07) is 12.3. The average molecular weight is 284 g/mol. The first-order valence-electron chi connectivity index (χ1n) is 7.42. The third kappa shape index (κ3) is 4.22. The Morgan fingerprint density at radius 1 is 1.14 bits per heavy atom. The minimum absolute atomic E-state index is 0.128. The van der Waals surface area contributed by atoms with Crippen LogP contribution < -0.4 is 10.1 Å². The lowest BCUT2D eigenvalue weighted by molar-refractivity contribution is 0.305. The molecule has 2 rings (SSSR count). The highest BCUT2D eigenvalue weighted by atomic mass is 16.5. The van der Waals surface area contributed by atoms with Crippen LogP contribution in [0.3, 0.4) is 0 Å². The Hall–Kier alpha value is -2.03. The third-order valence-electron chi connectivity index (χ3n) is 3.33. The zero-order valence-electron chi connectivity index (χ0n) is 13.3. The van der Waals surface area contributed by atoms with Crippen molar-refractivity contribution in [2.24, 2.45) is 0 Å². The number of benzene rings is 1. The van der Waals surface area contributed by atoms with Gasteiger partial charge in [-0.2, -0.15) is 0 Å². The van der Waals surface area contributed by atoms with E-state index in [1.165, 1.54) is 5.56 Å². The molecule has 21 heavy (non-hydrogen) atoms. The first-order chi connectivity index (χ1) is 10.0. The normalized spacial score (nSPS) is 11.2. The first-order valence-corrected chi connectivity index (χ1v) is 7.42. The van der Waals surface area contributed by atoms with Gasteiger partial charge >= 0.3 is 0 Å².